The van der Waals surface area contributed by atoms with E-state index in [0.29, 0.717) is 35.9 Å². The number of carbonyl (C=O) groups excluding carboxylic acids is 2. The second kappa shape index (κ2) is 7.26. The number of carbonyl (C=O) groups is 2. The molecule has 1 saturated carbocycles. The van der Waals surface area contributed by atoms with Gasteiger partial charge >= 0.3 is 5.63 Å². The molecule has 2 aliphatic rings. The summed E-state index contributed by atoms with van der Waals surface area (Å²) in [5, 5.41) is 2.83. The van der Waals surface area contributed by atoms with Crippen LogP contribution in [0.15, 0.2) is 33.5 Å². The van der Waals surface area contributed by atoms with Gasteiger partial charge in [-0.1, -0.05) is 12.5 Å². The van der Waals surface area contributed by atoms with Crippen LogP contribution in [0.2, 0.25) is 0 Å². The molecule has 1 aromatic heterocycles. The minimum atomic E-state index is -0.595. The summed E-state index contributed by atoms with van der Waals surface area (Å²) < 4.78 is 5.43. The van der Waals surface area contributed by atoms with E-state index in [1.165, 1.54) is 0 Å². The van der Waals surface area contributed by atoms with E-state index in [1.54, 1.807) is 17.9 Å². The Morgan fingerprint density at radius 3 is 2.50 bits per heavy atom. The quantitative estimate of drug-likeness (QED) is 0.872. The molecule has 6 nitrogen and oxygen atoms in total. The van der Waals surface area contributed by atoms with Crippen molar-refractivity contribution in [2.75, 3.05) is 16.8 Å². The Morgan fingerprint density at radius 1 is 1.11 bits per heavy atom. The Hall–Kier alpha value is -2.89. The molecule has 0 unspecified atom stereocenters. The van der Waals surface area contributed by atoms with Crippen LogP contribution < -0.4 is 15.8 Å². The van der Waals surface area contributed by atoms with Crippen molar-refractivity contribution < 1.29 is 14.0 Å². The van der Waals surface area contributed by atoms with Gasteiger partial charge in [-0.15, -0.1) is 0 Å². The highest BCUT2D eigenvalue weighted by Gasteiger charge is 2.26. The third-order valence-electron chi connectivity index (χ3n) is 5.76. The van der Waals surface area contributed by atoms with Crippen LogP contribution in [-0.4, -0.2) is 18.4 Å². The Morgan fingerprint density at radius 2 is 1.89 bits per heavy atom. The van der Waals surface area contributed by atoms with Gasteiger partial charge in [-0.25, -0.2) is 4.79 Å². The summed E-state index contributed by atoms with van der Waals surface area (Å²) >= 11 is 0. The number of benzene rings is 1. The number of rotatable bonds is 4. The van der Waals surface area contributed by atoms with Gasteiger partial charge in [0.25, 0.3) is 5.91 Å². The van der Waals surface area contributed by atoms with Gasteiger partial charge < -0.3 is 14.6 Å². The van der Waals surface area contributed by atoms with E-state index in [-0.39, 0.29) is 11.5 Å². The van der Waals surface area contributed by atoms with Crippen LogP contribution in [0, 0.1) is 13.8 Å². The van der Waals surface area contributed by atoms with Gasteiger partial charge in [0.15, 0.2) is 0 Å². The van der Waals surface area contributed by atoms with Gasteiger partial charge in [0.2, 0.25) is 5.91 Å². The molecule has 146 valence electrons. The van der Waals surface area contributed by atoms with Crippen LogP contribution in [0.1, 0.15) is 65.3 Å². The molecule has 6 heteroatoms. The summed E-state index contributed by atoms with van der Waals surface area (Å²) in [4.78, 5) is 39.0. The zero-order chi connectivity index (χ0) is 19.8. The van der Waals surface area contributed by atoms with Gasteiger partial charge in [-0.2, -0.15) is 0 Å². The topological polar surface area (TPSA) is 79.6 Å². The zero-order valence-corrected chi connectivity index (χ0v) is 16.2. The Bertz CT molecular complexity index is 1000. The Balaban J connectivity index is 1.60. The smallest absolute Gasteiger partial charge is 0.349 e. The Kier molecular flexibility index (Phi) is 4.79. The van der Waals surface area contributed by atoms with Crippen molar-refractivity contribution in [3.05, 3.63) is 57.1 Å². The molecule has 1 aromatic carbocycles. The fourth-order valence-corrected chi connectivity index (χ4v) is 3.82. The molecule has 0 radical (unpaired) electrons. The lowest BCUT2D eigenvalue weighted by molar-refractivity contribution is -0.117. The zero-order valence-electron chi connectivity index (χ0n) is 16.2. The largest absolute Gasteiger partial charge is 0.427 e. The predicted molar refractivity (Wildman–Crippen MR) is 107 cm³/mol. The molecule has 0 spiro atoms. The molecular weight excluding hydrogens is 356 g/mol. The van der Waals surface area contributed by atoms with Crippen LogP contribution in [0.4, 0.5) is 11.4 Å². The van der Waals surface area contributed by atoms with E-state index in [0.717, 1.165) is 36.9 Å². The van der Waals surface area contributed by atoms with Gasteiger partial charge in [0.05, 0.1) is 0 Å². The average Bonchev–Trinajstić information content (AvgIpc) is 3.01. The lowest BCUT2D eigenvalue weighted by Gasteiger charge is -2.24. The molecule has 1 aliphatic heterocycles. The highest BCUT2D eigenvalue weighted by atomic mass is 16.4. The van der Waals surface area contributed by atoms with E-state index in [1.807, 2.05) is 25.1 Å². The first-order valence-corrected chi connectivity index (χ1v) is 9.81. The molecule has 0 bridgehead atoms. The summed E-state index contributed by atoms with van der Waals surface area (Å²) in [5.41, 5.74) is 2.26. The number of aryl methyl sites for hydroxylation is 2. The summed E-state index contributed by atoms with van der Waals surface area (Å²) in [6.45, 7) is 4.32. The lowest BCUT2D eigenvalue weighted by atomic mass is 9.83. The first-order valence-electron chi connectivity index (χ1n) is 9.81. The predicted octanol–water partition coefficient (Wildman–Crippen LogP) is 3.90. The second-order valence-corrected chi connectivity index (χ2v) is 7.72. The highest BCUT2D eigenvalue weighted by Crippen LogP contribution is 2.36. The molecule has 2 fully saturated rings. The molecule has 1 aliphatic carbocycles. The maximum absolute atomic E-state index is 12.8. The van der Waals surface area contributed by atoms with E-state index < -0.39 is 11.5 Å². The number of nitrogens with one attached hydrogen (secondary N) is 1. The molecule has 2 amide bonds. The highest BCUT2D eigenvalue weighted by molar-refractivity contribution is 6.06. The van der Waals surface area contributed by atoms with Crippen molar-refractivity contribution in [2.24, 2.45) is 0 Å². The number of hydrogen-bond donors (Lipinski definition) is 1. The van der Waals surface area contributed by atoms with Gasteiger partial charge in [-0.05, 0) is 62.4 Å². The molecule has 1 N–H and O–H groups in total. The fraction of sp³-hybridized carbons (Fsp3) is 0.409. The summed E-state index contributed by atoms with van der Waals surface area (Å²) in [6.07, 6.45) is 4.57. The fourth-order valence-electron chi connectivity index (χ4n) is 3.82. The van der Waals surface area contributed by atoms with Crippen molar-refractivity contribution >= 4 is 23.2 Å². The van der Waals surface area contributed by atoms with Gasteiger partial charge in [0, 0.05) is 30.3 Å². The third kappa shape index (κ3) is 3.35. The molecule has 2 heterocycles. The Labute approximate surface area is 163 Å². The van der Waals surface area contributed by atoms with Crippen molar-refractivity contribution in [1.29, 1.82) is 0 Å². The average molecular weight is 380 g/mol. The van der Waals surface area contributed by atoms with E-state index >= 15 is 0 Å². The van der Waals surface area contributed by atoms with E-state index in [9.17, 15) is 14.4 Å². The lowest BCUT2D eigenvalue weighted by Crippen LogP contribution is -2.25. The number of amides is 2. The molecule has 4 rings (SSSR count). The van der Waals surface area contributed by atoms with Crippen molar-refractivity contribution in [2.45, 2.75) is 51.9 Å². The minimum absolute atomic E-state index is 0.0325. The molecular formula is C22H24N2O4. The van der Waals surface area contributed by atoms with Gasteiger partial charge in [0.1, 0.15) is 11.3 Å². The second-order valence-electron chi connectivity index (χ2n) is 7.72. The first-order chi connectivity index (χ1) is 13.4. The van der Waals surface area contributed by atoms with Crippen LogP contribution in [0.3, 0.4) is 0 Å². The summed E-state index contributed by atoms with van der Waals surface area (Å²) in [5.74, 6) is 0.570. The maximum Gasteiger partial charge on any atom is 0.349 e. The summed E-state index contributed by atoms with van der Waals surface area (Å²) in [6, 6.07) is 7.34. The first kappa shape index (κ1) is 18.5. The number of hydrogen-bond acceptors (Lipinski definition) is 4. The standard InChI is InChI=1S/C22H24N2O4/c1-13-8-9-16(24-10-4-7-19(24)25)12-17(13)23-21(26)20-14(2)11-18(28-22(20)27)15-5-3-6-15/h8-9,11-12,15H,3-7,10H2,1-2H3,(H,23,26). The normalized spacial score (nSPS) is 16.9. The third-order valence-corrected chi connectivity index (χ3v) is 5.76. The molecule has 0 atom stereocenters. The van der Waals surface area contributed by atoms with E-state index in [4.69, 9.17) is 4.42 Å². The van der Waals surface area contributed by atoms with Gasteiger partial charge in [-0.3, -0.25) is 9.59 Å². The van der Waals surface area contributed by atoms with Crippen LogP contribution in [-0.2, 0) is 4.79 Å². The van der Waals surface area contributed by atoms with Crippen LogP contribution in [0.25, 0.3) is 0 Å². The number of anilines is 2. The number of nitrogens with zero attached hydrogens (tertiary/aromatic N) is 1. The van der Waals surface area contributed by atoms with Crippen LogP contribution in [0.5, 0.6) is 0 Å². The summed E-state index contributed by atoms with van der Waals surface area (Å²) in [7, 11) is 0. The van der Waals surface area contributed by atoms with Crippen molar-refractivity contribution in [1.82, 2.24) is 0 Å². The van der Waals surface area contributed by atoms with Crippen molar-refractivity contribution in [3.63, 3.8) is 0 Å². The van der Waals surface area contributed by atoms with Crippen molar-refractivity contribution in [3.8, 4) is 0 Å². The molecule has 28 heavy (non-hydrogen) atoms. The maximum atomic E-state index is 12.8. The molecule has 1 saturated heterocycles. The molecule has 2 aromatic rings. The van der Waals surface area contributed by atoms with E-state index in [2.05, 4.69) is 5.32 Å². The minimum Gasteiger partial charge on any atom is -0.427 e. The SMILES string of the molecule is Cc1ccc(N2CCCC2=O)cc1NC(=O)c1c(C)cc(C2CCC2)oc1=O. The monoisotopic (exact) mass is 380 g/mol. The van der Waals surface area contributed by atoms with Crippen LogP contribution >= 0.6 is 0 Å².